The first kappa shape index (κ1) is 132. The average Bonchev–Trinajstić information content (AvgIpc) is 1.76. The van der Waals surface area contributed by atoms with Gasteiger partial charge < -0.3 is 75.7 Å². The van der Waals surface area contributed by atoms with Crippen LogP contribution in [0.1, 0.15) is 229 Å². The molecular weight excluding hydrogens is 2250 g/mol. The molecule has 743 valence electrons. The van der Waals surface area contributed by atoms with E-state index < -0.39 is 38.3 Å². The van der Waals surface area contributed by atoms with E-state index >= 15 is 0 Å². The van der Waals surface area contributed by atoms with Crippen LogP contribution in [0.15, 0.2) is 170 Å². The number of allylic oxidation sites excluding steroid dienone is 3. The van der Waals surface area contributed by atoms with Crippen molar-refractivity contribution in [2.24, 2.45) is 34.0 Å². The van der Waals surface area contributed by atoms with Crippen molar-refractivity contribution in [2.75, 3.05) is 47.8 Å². The molecular formula is C108H163IN6O8P6PdSi2Y3-6. The van der Waals surface area contributed by atoms with E-state index in [2.05, 4.69) is 311 Å². The number of rotatable bonds is 26. The van der Waals surface area contributed by atoms with Crippen molar-refractivity contribution in [2.45, 2.75) is 286 Å². The van der Waals surface area contributed by atoms with Gasteiger partial charge in [-0.15, -0.1) is 31.8 Å². The summed E-state index contributed by atoms with van der Waals surface area (Å²) >= 11 is 2.30. The normalized spacial score (nSPS) is 23.1. The zero-order valence-electron chi connectivity index (χ0n) is 85.3. The van der Waals surface area contributed by atoms with Crippen LogP contribution in [0.3, 0.4) is 0 Å². The molecule has 1 aromatic heterocycles. The molecule has 18 atom stereocenters. The molecule has 14 nitrogen and oxygen atoms in total. The number of halogens is 1. The molecule has 4 heterocycles. The van der Waals surface area contributed by atoms with Gasteiger partial charge in [0.15, 0.2) is 0 Å². The molecule has 6 amide bonds. The van der Waals surface area contributed by atoms with E-state index in [1.54, 1.807) is 0 Å². The summed E-state index contributed by atoms with van der Waals surface area (Å²) in [6.45, 7) is 65.6. The smallest absolute Gasteiger partial charge is 0.226 e. The van der Waals surface area contributed by atoms with Crippen molar-refractivity contribution >= 4 is 132 Å². The van der Waals surface area contributed by atoms with Gasteiger partial charge in [0.1, 0.15) is 0 Å². The Morgan fingerprint density at radius 3 is 1.16 bits per heavy atom. The van der Waals surface area contributed by atoms with Gasteiger partial charge in [-0.2, -0.15) is 0 Å². The Morgan fingerprint density at radius 1 is 0.541 bits per heavy atom. The van der Waals surface area contributed by atoms with Gasteiger partial charge >= 0.3 is 0 Å². The summed E-state index contributed by atoms with van der Waals surface area (Å²) in [7, 11) is 9.59. The number of nitrogens with zero attached hydrogens (tertiary/aromatic N) is 5. The number of piperidine rings is 3. The van der Waals surface area contributed by atoms with Crippen molar-refractivity contribution in [3.8, 4) is 0 Å². The Morgan fingerprint density at radius 2 is 0.852 bits per heavy atom. The number of nitrogens with one attached hydrogen (secondary N) is 1. The molecule has 0 spiro atoms. The first-order valence-electron chi connectivity index (χ1n) is 47.2. The van der Waals surface area contributed by atoms with Crippen LogP contribution in [0.5, 0.6) is 0 Å². The summed E-state index contributed by atoms with van der Waals surface area (Å²) in [4.78, 5) is 80.7. The molecule has 6 aromatic carbocycles. The first-order valence-corrected chi connectivity index (χ1v) is 67.4. The SMILES string of the molecule is C.C=CCC1CC(c2ccccc2)C(C)N(C)C1=O.CC.CC.CC.CC(C)(C)P(P)Pp1[pH]p1C(C)(C)C.[CH2-]C1(C(=O)[N-]COCC[Si](C)(C)C)Cc2ccc(C=CCC3CC(c4ccccc4)C(C)N(C)C3=O)cc2C1.[CH2-]C1(C(=O)[N-]COCC[Si](C)(C)C)Cc2ccc(I)cc2C1.[CH2-]C1(C([NH-])=O)Cc2ccc(C=CCC3CC(c4ccccc4)C(C)N(C)C3=O)cc2C1.[Pd].[Y].[Y].[Y]. The Kier molecular flexibility index (Phi) is 60.4. The molecule has 7 aromatic rings. The molecule has 135 heavy (non-hydrogen) atoms. The fourth-order valence-corrected chi connectivity index (χ4v) is 73.7. The van der Waals surface area contributed by atoms with Crippen molar-refractivity contribution in [3.05, 3.63) is 272 Å². The van der Waals surface area contributed by atoms with E-state index in [9.17, 15) is 28.8 Å². The van der Waals surface area contributed by atoms with E-state index in [0.29, 0.717) is 106 Å². The minimum atomic E-state index is -1.16. The second-order valence-corrected chi connectivity index (χ2v) is 78.1. The van der Waals surface area contributed by atoms with Crippen molar-refractivity contribution in [1.29, 1.82) is 0 Å². The van der Waals surface area contributed by atoms with Gasteiger partial charge in [-0.25, -0.2) is 0 Å². The fourth-order valence-electron chi connectivity index (χ4n) is 17.2. The molecule has 13 rings (SSSR count). The Labute approximate surface area is 932 Å². The molecule has 3 fully saturated rings. The summed E-state index contributed by atoms with van der Waals surface area (Å²) in [6.07, 6.45) is 18.7. The summed E-state index contributed by atoms with van der Waals surface area (Å²) in [5.41, 5.74) is 18.3. The molecule has 3 aliphatic carbocycles. The number of hydrogen-bond donors (Lipinski definition) is 0. The number of hydrogen-bond acceptors (Lipinski definition) is 8. The van der Waals surface area contributed by atoms with Crippen LogP contribution in [0.25, 0.3) is 28.5 Å². The maximum absolute atomic E-state index is 13.0. The van der Waals surface area contributed by atoms with Gasteiger partial charge in [0, 0.05) is 249 Å². The molecule has 3 radical (unpaired) electrons. The van der Waals surface area contributed by atoms with Gasteiger partial charge in [0.05, 0.1) is 0 Å². The third kappa shape index (κ3) is 40.4. The van der Waals surface area contributed by atoms with E-state index in [-0.39, 0.29) is 212 Å². The zero-order valence-corrected chi connectivity index (χ0v) is 105. The number of likely N-dealkylation sites (N-methyl/N-ethyl adjacent to an activating group) is 3. The van der Waals surface area contributed by atoms with E-state index in [1.807, 2.05) is 114 Å². The molecule has 18 unspecified atom stereocenters. The Hall–Kier alpha value is -1.39. The molecule has 27 heteroatoms. The number of amides is 6. The van der Waals surface area contributed by atoms with Crippen LogP contribution >= 0.6 is 67.8 Å². The van der Waals surface area contributed by atoms with Crippen LogP contribution in [-0.4, -0.2) is 137 Å². The number of fused-ring (bicyclic) bond motifs is 3. The molecule has 0 saturated carbocycles. The largest absolute Gasteiger partial charge is 0.670 e. The maximum atomic E-state index is 13.0. The summed E-state index contributed by atoms with van der Waals surface area (Å²) in [5.74, 6) is 0.951. The first-order chi connectivity index (χ1) is 61.2. The third-order valence-corrected chi connectivity index (χ3v) is 68.5. The minimum Gasteiger partial charge on any atom is -0.670 e. The number of ether oxygens (including phenoxy) is 2. The summed E-state index contributed by atoms with van der Waals surface area (Å²) < 4.78 is 12.3. The second-order valence-electron chi connectivity index (χ2n) is 40.1. The zero-order chi connectivity index (χ0) is 97.0. The summed E-state index contributed by atoms with van der Waals surface area (Å²) in [6, 6.07) is 53.1. The van der Waals surface area contributed by atoms with Crippen LogP contribution in [0.4, 0.5) is 0 Å². The van der Waals surface area contributed by atoms with Crippen LogP contribution in [-0.2, 0) is 200 Å². The third-order valence-electron chi connectivity index (χ3n) is 25.6. The Bertz CT molecular complexity index is 4830. The van der Waals surface area contributed by atoms with Crippen LogP contribution in [0.2, 0.25) is 51.4 Å². The predicted octanol–water partition coefficient (Wildman–Crippen LogP) is 30.3. The number of likely N-dealkylation sites (tertiary alicyclic amines) is 3. The van der Waals surface area contributed by atoms with Gasteiger partial charge in [0.25, 0.3) is 0 Å². The van der Waals surface area contributed by atoms with Crippen molar-refractivity contribution in [3.63, 3.8) is 0 Å². The van der Waals surface area contributed by atoms with Crippen LogP contribution < -0.4 is 0 Å². The summed E-state index contributed by atoms with van der Waals surface area (Å²) in [5, 5.41) is 9.51. The van der Waals surface area contributed by atoms with Crippen LogP contribution in [0, 0.1) is 58.3 Å². The molecule has 6 aliphatic rings. The standard InChI is InChI=1S/C33H45N2O3Si.C27H31N2O2.C17H25INO2Si.C16H21NO.C8H22P6.3C2H6.CH4.Pd.3Y/c1-24-30(26-12-8-7-9-13-26)20-27(31(36)35(24)3)14-10-11-25-15-16-28-21-33(2,22-29(28)19-25)32(37)34-23-38-17-18-39(4,5)6;1-18-24(20-9-5-4-6-10-20)15-21(25(30)29(18)3)11-7-8-19-12-13-22-16-27(2,26(28)31)17-23(22)14-19;1-17(10-13-5-6-15(18)9-14(13)11-17)16(20)19-12-21-7-8-22(2,3)4;1-4-8-14-11-15(12(2)17(3)16(14)18)13-9-6-5-7-10-13;1-7(2,3)12(9)10-14-11-13(14)8(4,5)6;3*1-2;;;;;/h7-13,15-16,19,24,27,30H,2,14,17-18,20-23H2,1,3-6H3,(H,34,37);4-10,12-14,18,21,24H,2,11,15-17H2,1,3H3,(H2,28,31);5-6,9H,1,7-8,10-12H2,2-4H3,(H,19,20);4-7,9-10,12,14-15H,1,8,11H2,2-3H3;10-11H,9H2,1-6H3;3*1-2H3;1H4;;;;/q3*-1;;;;;;;;;;/p-3. The van der Waals surface area contributed by atoms with E-state index in [0.717, 1.165) is 71.2 Å². The quantitative estimate of drug-likeness (QED) is 0.0128. The van der Waals surface area contributed by atoms with E-state index in [4.69, 9.17) is 15.2 Å². The molecule has 3 aliphatic heterocycles. The number of carbonyl (C=O) groups is 6. The Balaban J connectivity index is 0.000000856. The monoisotopic (exact) mass is 2410 g/mol. The van der Waals surface area contributed by atoms with Gasteiger partial charge in [-0.3, -0.25) is 14.4 Å². The van der Waals surface area contributed by atoms with Gasteiger partial charge in [0.2, 0.25) is 17.7 Å². The second kappa shape index (κ2) is 61.9. The molecule has 3 saturated heterocycles. The molecule has 0 bridgehead atoms. The fraction of sp³-hybridized carbons (Fsp3) is 0.528. The van der Waals surface area contributed by atoms with E-state index in [1.165, 1.54) is 46.9 Å². The van der Waals surface area contributed by atoms with Gasteiger partial charge in [-0.1, -0.05) is 322 Å². The average molecular weight is 2420 g/mol. The molecule has 1 N–H and O–H groups in total. The topological polar surface area (TPSA) is 183 Å². The number of benzene rings is 6. The minimum absolute atomic E-state index is 0. The predicted molar refractivity (Wildman–Crippen MR) is 590 cm³/mol. The van der Waals surface area contributed by atoms with Gasteiger partial charge in [-0.05, 0) is 232 Å². The van der Waals surface area contributed by atoms with Crippen molar-refractivity contribution < 1.29 is 157 Å². The van der Waals surface area contributed by atoms with Crippen molar-refractivity contribution in [1.82, 2.24) is 14.7 Å². The maximum Gasteiger partial charge on any atom is 0.226 e. The number of carbonyl (C=O) groups excluding carboxylic acids is 6.